The number of nitrogens with zero attached hydrogens (tertiary/aromatic N) is 4. The molecule has 2 heterocycles. The maximum atomic E-state index is 13.0. The van der Waals surface area contributed by atoms with E-state index in [9.17, 15) is 9.59 Å². The Labute approximate surface area is 158 Å². The fourth-order valence-corrected chi connectivity index (χ4v) is 3.60. The van der Waals surface area contributed by atoms with Crippen LogP contribution in [0.25, 0.3) is 10.9 Å². The van der Waals surface area contributed by atoms with Gasteiger partial charge in [0.05, 0.1) is 5.52 Å². The maximum absolute atomic E-state index is 13.0. The predicted octanol–water partition coefficient (Wildman–Crippen LogP) is 2.74. The van der Waals surface area contributed by atoms with Gasteiger partial charge in [-0.25, -0.2) is 0 Å². The summed E-state index contributed by atoms with van der Waals surface area (Å²) in [5, 5.41) is 5.34. The smallest absolute Gasteiger partial charge is 0.275 e. The first-order valence-corrected chi connectivity index (χ1v) is 9.11. The highest BCUT2D eigenvalue weighted by atomic mass is 16.2. The molecule has 6 heteroatoms. The summed E-state index contributed by atoms with van der Waals surface area (Å²) in [6, 6.07) is 15.5. The Hall–Kier alpha value is -3.15. The number of hydrogen-bond acceptors (Lipinski definition) is 4. The minimum atomic E-state index is -0.0154. The van der Waals surface area contributed by atoms with Crippen LogP contribution in [0.3, 0.4) is 0 Å². The normalized spacial score (nSPS) is 14.6. The Kier molecular flexibility index (Phi) is 4.39. The summed E-state index contributed by atoms with van der Waals surface area (Å²) >= 11 is 0. The number of piperazine rings is 1. The Morgan fingerprint density at radius 2 is 1.59 bits per heavy atom. The van der Waals surface area contributed by atoms with E-state index in [4.69, 9.17) is 0 Å². The van der Waals surface area contributed by atoms with Crippen molar-refractivity contribution in [2.24, 2.45) is 7.05 Å². The molecule has 1 amide bonds. The molecule has 4 rings (SSSR count). The molecule has 0 N–H and O–H groups in total. The number of Topliss-reactive ketones (excluding diaryl/α,β-unsaturated/α-hetero) is 1. The van der Waals surface area contributed by atoms with Crippen LogP contribution in [-0.2, 0) is 7.05 Å². The Bertz CT molecular complexity index is 999. The van der Waals surface area contributed by atoms with Crippen molar-refractivity contribution in [1.29, 1.82) is 0 Å². The number of rotatable bonds is 3. The molecular weight excluding hydrogens is 340 g/mol. The van der Waals surface area contributed by atoms with Gasteiger partial charge in [0.1, 0.15) is 0 Å². The molecule has 0 unspecified atom stereocenters. The van der Waals surface area contributed by atoms with Crippen molar-refractivity contribution in [3.8, 4) is 0 Å². The van der Waals surface area contributed by atoms with E-state index in [1.807, 2.05) is 60.5 Å². The number of carbonyl (C=O) groups excluding carboxylic acids is 2. The van der Waals surface area contributed by atoms with Crippen LogP contribution in [0, 0.1) is 0 Å². The van der Waals surface area contributed by atoms with E-state index in [-0.39, 0.29) is 11.7 Å². The van der Waals surface area contributed by atoms with Crippen molar-refractivity contribution >= 4 is 28.3 Å². The molecular formula is C21H22N4O2. The van der Waals surface area contributed by atoms with Crippen LogP contribution in [0.15, 0.2) is 48.5 Å². The topological polar surface area (TPSA) is 58.4 Å². The molecule has 1 aliphatic heterocycles. The van der Waals surface area contributed by atoms with Crippen molar-refractivity contribution < 1.29 is 9.59 Å². The summed E-state index contributed by atoms with van der Waals surface area (Å²) in [5.41, 5.74) is 3.28. The van der Waals surface area contributed by atoms with Crippen molar-refractivity contribution in [2.75, 3.05) is 31.1 Å². The monoisotopic (exact) mass is 362 g/mol. The van der Waals surface area contributed by atoms with Crippen molar-refractivity contribution in [3.63, 3.8) is 0 Å². The molecule has 6 nitrogen and oxygen atoms in total. The largest absolute Gasteiger partial charge is 0.368 e. The van der Waals surface area contributed by atoms with Gasteiger partial charge >= 0.3 is 0 Å². The zero-order valence-corrected chi connectivity index (χ0v) is 15.6. The lowest BCUT2D eigenvalue weighted by Crippen LogP contribution is -2.49. The second-order valence-electron chi connectivity index (χ2n) is 6.87. The quantitative estimate of drug-likeness (QED) is 0.672. The molecule has 1 fully saturated rings. The molecule has 138 valence electrons. The Balaban J connectivity index is 1.47. The molecule has 1 aromatic heterocycles. The highest BCUT2D eigenvalue weighted by molar-refractivity contribution is 6.05. The third-order valence-electron chi connectivity index (χ3n) is 5.17. The number of amides is 1. The van der Waals surface area contributed by atoms with E-state index in [1.165, 1.54) is 0 Å². The van der Waals surface area contributed by atoms with E-state index in [0.717, 1.165) is 35.2 Å². The van der Waals surface area contributed by atoms with Gasteiger partial charge in [-0.3, -0.25) is 14.3 Å². The van der Waals surface area contributed by atoms with Crippen LogP contribution in [0.2, 0.25) is 0 Å². The van der Waals surface area contributed by atoms with Crippen LogP contribution in [0.1, 0.15) is 27.8 Å². The zero-order chi connectivity index (χ0) is 19.0. The number of aromatic nitrogens is 2. The summed E-state index contributed by atoms with van der Waals surface area (Å²) in [5.74, 6) is 0.0536. The Morgan fingerprint density at radius 3 is 2.26 bits per heavy atom. The number of anilines is 1. The van der Waals surface area contributed by atoms with Gasteiger partial charge in [0.2, 0.25) is 0 Å². The summed E-state index contributed by atoms with van der Waals surface area (Å²) in [6.45, 7) is 4.39. The van der Waals surface area contributed by atoms with E-state index in [2.05, 4.69) is 10.00 Å². The molecule has 2 aromatic carbocycles. The zero-order valence-electron chi connectivity index (χ0n) is 15.6. The molecule has 0 spiro atoms. The molecule has 0 atom stereocenters. The summed E-state index contributed by atoms with van der Waals surface area (Å²) in [6.07, 6.45) is 0. The van der Waals surface area contributed by atoms with Crippen LogP contribution in [0.5, 0.6) is 0 Å². The highest BCUT2D eigenvalue weighted by Gasteiger charge is 2.25. The van der Waals surface area contributed by atoms with Crippen LogP contribution < -0.4 is 4.90 Å². The van der Waals surface area contributed by atoms with Crippen LogP contribution in [-0.4, -0.2) is 52.5 Å². The van der Waals surface area contributed by atoms with Crippen LogP contribution in [0.4, 0.5) is 5.69 Å². The lowest BCUT2D eigenvalue weighted by atomic mass is 10.1. The molecule has 3 aromatic rings. The number of aryl methyl sites for hydroxylation is 1. The van der Waals surface area contributed by atoms with Crippen molar-refractivity contribution in [2.45, 2.75) is 6.92 Å². The second kappa shape index (κ2) is 6.87. The molecule has 0 saturated carbocycles. The number of hydrogen-bond donors (Lipinski definition) is 0. The second-order valence-corrected chi connectivity index (χ2v) is 6.87. The van der Waals surface area contributed by atoms with E-state index in [1.54, 1.807) is 11.6 Å². The van der Waals surface area contributed by atoms with Crippen molar-refractivity contribution in [3.05, 3.63) is 59.8 Å². The number of benzene rings is 2. The SMILES string of the molecule is CC(=O)c1ccc(N2CCN(C(=O)c3nn(C)c4ccccc34)CC2)cc1. The molecule has 0 bridgehead atoms. The average Bonchev–Trinajstić information content (AvgIpc) is 3.05. The molecule has 0 radical (unpaired) electrons. The van der Waals surface area contributed by atoms with Gasteiger partial charge in [-0.15, -0.1) is 0 Å². The van der Waals surface area contributed by atoms with Gasteiger partial charge in [0, 0.05) is 49.9 Å². The van der Waals surface area contributed by atoms with Gasteiger partial charge in [-0.1, -0.05) is 18.2 Å². The lowest BCUT2D eigenvalue weighted by Gasteiger charge is -2.36. The first-order valence-electron chi connectivity index (χ1n) is 9.11. The van der Waals surface area contributed by atoms with E-state index >= 15 is 0 Å². The lowest BCUT2D eigenvalue weighted by molar-refractivity contribution is 0.0741. The number of carbonyl (C=O) groups is 2. The summed E-state index contributed by atoms with van der Waals surface area (Å²) in [4.78, 5) is 28.5. The van der Waals surface area contributed by atoms with Gasteiger partial charge in [-0.05, 0) is 37.3 Å². The third-order valence-corrected chi connectivity index (χ3v) is 5.17. The summed E-state index contributed by atoms with van der Waals surface area (Å²) < 4.78 is 1.76. The van der Waals surface area contributed by atoms with Gasteiger partial charge in [0.15, 0.2) is 11.5 Å². The molecule has 27 heavy (non-hydrogen) atoms. The fraction of sp³-hybridized carbons (Fsp3) is 0.286. The van der Waals surface area contributed by atoms with Gasteiger partial charge in [-0.2, -0.15) is 5.10 Å². The first kappa shape index (κ1) is 17.3. The number of para-hydroxylation sites is 1. The number of fused-ring (bicyclic) bond motifs is 1. The van der Waals surface area contributed by atoms with E-state index in [0.29, 0.717) is 18.8 Å². The number of ketones is 1. The van der Waals surface area contributed by atoms with Gasteiger partial charge < -0.3 is 9.80 Å². The molecule has 1 saturated heterocycles. The minimum Gasteiger partial charge on any atom is -0.368 e. The minimum absolute atomic E-state index is 0.0154. The maximum Gasteiger partial charge on any atom is 0.275 e. The fourth-order valence-electron chi connectivity index (χ4n) is 3.60. The predicted molar refractivity (Wildman–Crippen MR) is 105 cm³/mol. The highest BCUT2D eigenvalue weighted by Crippen LogP contribution is 2.21. The summed E-state index contributed by atoms with van der Waals surface area (Å²) in [7, 11) is 1.86. The first-order chi connectivity index (χ1) is 13.0. The van der Waals surface area contributed by atoms with Crippen LogP contribution >= 0.6 is 0 Å². The van der Waals surface area contributed by atoms with Crippen molar-refractivity contribution in [1.82, 2.24) is 14.7 Å². The Morgan fingerprint density at radius 1 is 0.926 bits per heavy atom. The third kappa shape index (κ3) is 3.18. The van der Waals surface area contributed by atoms with Gasteiger partial charge in [0.25, 0.3) is 5.91 Å². The van der Waals surface area contributed by atoms with E-state index < -0.39 is 0 Å². The average molecular weight is 362 g/mol. The standard InChI is InChI=1S/C21H22N4O2/c1-15(26)16-7-9-17(10-8-16)24-11-13-25(14-12-24)21(27)20-18-5-3-4-6-19(18)23(2)22-20/h3-10H,11-14H2,1-2H3. The molecule has 0 aliphatic carbocycles. The molecule has 1 aliphatic rings.